The number of aromatic nitrogens is 4. The van der Waals surface area contributed by atoms with Crippen LogP contribution in [0.25, 0.3) is 11.2 Å². The highest BCUT2D eigenvalue weighted by atomic mass is 16.7. The van der Waals surface area contributed by atoms with Gasteiger partial charge in [0.2, 0.25) is 5.95 Å². The summed E-state index contributed by atoms with van der Waals surface area (Å²) in [6, 6.07) is 9.35. The van der Waals surface area contributed by atoms with Crippen molar-refractivity contribution >= 4 is 34.9 Å². The summed E-state index contributed by atoms with van der Waals surface area (Å²) in [7, 11) is 1.72. The predicted molar refractivity (Wildman–Crippen MR) is 139 cm³/mol. The Morgan fingerprint density at radius 3 is 2.61 bits per heavy atom. The first kappa shape index (κ1) is 27.3. The number of ether oxygens (including phenoxy) is 4. The van der Waals surface area contributed by atoms with E-state index >= 15 is 0 Å². The maximum absolute atomic E-state index is 12.9. The van der Waals surface area contributed by atoms with Gasteiger partial charge in [0.1, 0.15) is 18.4 Å². The summed E-state index contributed by atoms with van der Waals surface area (Å²) in [4.78, 5) is 37.9. The second kappa shape index (κ2) is 11.3. The lowest BCUT2D eigenvalue weighted by Gasteiger charge is -2.22. The molecule has 38 heavy (non-hydrogen) atoms. The smallest absolute Gasteiger partial charge is 0.313 e. The van der Waals surface area contributed by atoms with Gasteiger partial charge in [-0.3, -0.25) is 14.2 Å². The van der Waals surface area contributed by atoms with Gasteiger partial charge in [0, 0.05) is 13.0 Å². The Balaban J connectivity index is 1.53. The van der Waals surface area contributed by atoms with Crippen LogP contribution < -0.4 is 11.1 Å². The fourth-order valence-electron chi connectivity index (χ4n) is 4.24. The van der Waals surface area contributed by atoms with Crippen LogP contribution in [0.15, 0.2) is 36.7 Å². The summed E-state index contributed by atoms with van der Waals surface area (Å²) < 4.78 is 24.8. The van der Waals surface area contributed by atoms with Gasteiger partial charge < -0.3 is 30.0 Å². The Bertz CT molecular complexity index is 1270. The summed E-state index contributed by atoms with van der Waals surface area (Å²) in [6.45, 7) is 6.98. The van der Waals surface area contributed by atoms with Crippen LogP contribution in [-0.4, -0.2) is 64.1 Å². The number of hydrogen-bond acceptors (Lipinski definition) is 11. The van der Waals surface area contributed by atoms with Crippen LogP contribution in [0, 0.1) is 11.3 Å². The molecule has 1 saturated heterocycles. The van der Waals surface area contributed by atoms with Gasteiger partial charge >= 0.3 is 11.9 Å². The molecule has 0 aliphatic carbocycles. The minimum atomic E-state index is -0.652. The van der Waals surface area contributed by atoms with Gasteiger partial charge in [-0.25, -0.2) is 4.98 Å². The molecule has 0 unspecified atom stereocenters. The predicted octanol–water partition coefficient (Wildman–Crippen LogP) is 2.70. The van der Waals surface area contributed by atoms with Crippen molar-refractivity contribution in [2.75, 3.05) is 31.5 Å². The van der Waals surface area contributed by atoms with Crippen molar-refractivity contribution in [1.29, 1.82) is 0 Å². The van der Waals surface area contributed by atoms with Gasteiger partial charge in [0.05, 0.1) is 24.8 Å². The van der Waals surface area contributed by atoms with E-state index in [1.54, 1.807) is 38.7 Å². The van der Waals surface area contributed by atoms with Crippen molar-refractivity contribution in [3.63, 3.8) is 0 Å². The molecular weight excluding hydrogens is 492 g/mol. The minimum Gasteiger partial charge on any atom is -0.459 e. The average molecular weight is 527 g/mol. The molecule has 1 aliphatic heterocycles. The van der Waals surface area contributed by atoms with Crippen LogP contribution in [0.2, 0.25) is 0 Å². The molecule has 2 aromatic heterocycles. The maximum atomic E-state index is 12.9. The molecule has 1 aliphatic rings. The number of nitrogens with one attached hydrogen (secondary N) is 1. The number of esters is 2. The number of nitrogens with two attached hydrogens (primary N) is 1. The monoisotopic (exact) mass is 526 g/mol. The second-order valence-electron chi connectivity index (χ2n) is 10.2. The fourth-order valence-corrected chi connectivity index (χ4v) is 4.24. The van der Waals surface area contributed by atoms with Crippen molar-refractivity contribution < 1.29 is 28.5 Å². The number of carbonyl (C=O) groups excluding carboxylic acids is 2. The molecule has 0 saturated carbocycles. The lowest BCUT2D eigenvalue weighted by Crippen LogP contribution is -2.35. The molecule has 3 heterocycles. The molecule has 0 spiro atoms. The SMILES string of the molecule is CNc1nc(N)nc2c1ncn2[C@@H]1O[C@H](COCOC(=O)C(C)(C)C)[C@@H](OC(=O)Cc2ccccc2)[C@@H]1C. The molecule has 4 rings (SSSR count). The largest absolute Gasteiger partial charge is 0.459 e. The van der Waals surface area contributed by atoms with E-state index in [0.29, 0.717) is 17.0 Å². The highest BCUT2D eigenvalue weighted by Gasteiger charge is 2.46. The molecule has 3 N–H and O–H groups in total. The van der Waals surface area contributed by atoms with Gasteiger partial charge in [-0.2, -0.15) is 9.97 Å². The molecule has 1 fully saturated rings. The molecule has 0 bridgehead atoms. The Kier molecular flexibility index (Phi) is 8.12. The highest BCUT2D eigenvalue weighted by molar-refractivity contribution is 5.84. The zero-order valence-electron chi connectivity index (χ0n) is 22.2. The number of carbonyl (C=O) groups is 2. The van der Waals surface area contributed by atoms with E-state index in [0.717, 1.165) is 5.56 Å². The maximum Gasteiger partial charge on any atom is 0.313 e. The Labute approximate surface area is 220 Å². The lowest BCUT2D eigenvalue weighted by molar-refractivity contribution is -0.171. The number of nitrogens with zero attached hydrogens (tertiary/aromatic N) is 4. The normalized spacial score (nSPS) is 21.4. The number of anilines is 2. The number of nitrogen functional groups attached to an aromatic ring is 1. The highest BCUT2D eigenvalue weighted by Crippen LogP contribution is 2.38. The second-order valence-corrected chi connectivity index (χ2v) is 10.2. The van der Waals surface area contributed by atoms with Crippen molar-refractivity contribution in [3.05, 3.63) is 42.2 Å². The van der Waals surface area contributed by atoms with Crippen LogP contribution in [0.5, 0.6) is 0 Å². The summed E-state index contributed by atoms with van der Waals surface area (Å²) >= 11 is 0. The van der Waals surface area contributed by atoms with E-state index in [-0.39, 0.29) is 43.6 Å². The van der Waals surface area contributed by atoms with Crippen LogP contribution >= 0.6 is 0 Å². The first-order valence-electron chi connectivity index (χ1n) is 12.4. The van der Waals surface area contributed by atoms with Crippen molar-refractivity contribution in [3.8, 4) is 0 Å². The summed E-state index contributed by atoms with van der Waals surface area (Å²) in [5.74, 6) is -0.499. The number of rotatable bonds is 9. The van der Waals surface area contributed by atoms with E-state index < -0.39 is 23.9 Å². The van der Waals surface area contributed by atoms with Crippen LogP contribution in [0.3, 0.4) is 0 Å². The van der Waals surface area contributed by atoms with Crippen molar-refractivity contribution in [1.82, 2.24) is 19.5 Å². The van der Waals surface area contributed by atoms with Gasteiger partial charge in [-0.05, 0) is 26.3 Å². The number of imidazole rings is 1. The number of hydrogen-bond donors (Lipinski definition) is 2. The number of benzene rings is 1. The average Bonchev–Trinajstić information content (AvgIpc) is 3.42. The van der Waals surface area contributed by atoms with Gasteiger partial charge in [0.25, 0.3) is 0 Å². The van der Waals surface area contributed by atoms with Crippen LogP contribution in [-0.2, 0) is 35.0 Å². The molecule has 12 heteroatoms. The minimum absolute atomic E-state index is 0.0348. The van der Waals surface area contributed by atoms with E-state index in [2.05, 4.69) is 20.3 Å². The molecule has 4 atom stereocenters. The van der Waals surface area contributed by atoms with Gasteiger partial charge in [-0.1, -0.05) is 37.3 Å². The van der Waals surface area contributed by atoms with Gasteiger partial charge in [-0.15, -0.1) is 0 Å². The van der Waals surface area contributed by atoms with Crippen molar-refractivity contribution in [2.45, 2.75) is 52.6 Å². The van der Waals surface area contributed by atoms with E-state index in [9.17, 15) is 9.59 Å². The van der Waals surface area contributed by atoms with E-state index in [1.165, 1.54) is 0 Å². The molecular formula is C26H34N6O6. The Morgan fingerprint density at radius 2 is 1.92 bits per heavy atom. The summed E-state index contributed by atoms with van der Waals surface area (Å²) in [5, 5.41) is 2.97. The molecule has 12 nitrogen and oxygen atoms in total. The fraction of sp³-hybridized carbons (Fsp3) is 0.500. The standard InChI is InChI=1S/C26H34N6O6/c1-15-20(38-18(33)11-16-9-7-6-8-10-16)17(12-35-14-36-24(34)26(2,3)4)37-23(15)32-13-29-19-21(28-5)30-25(27)31-22(19)32/h6-10,13,15,17,20,23H,11-12,14H2,1-5H3,(H3,27,28,30,31)/t15-,17+,20-,23+/m0/s1. The molecule has 0 amide bonds. The molecule has 1 aromatic carbocycles. The Morgan fingerprint density at radius 1 is 1.18 bits per heavy atom. The first-order valence-corrected chi connectivity index (χ1v) is 12.4. The summed E-state index contributed by atoms with van der Waals surface area (Å²) in [6.07, 6.45) is -0.148. The molecule has 204 valence electrons. The zero-order valence-corrected chi connectivity index (χ0v) is 22.2. The molecule has 3 aromatic rings. The van der Waals surface area contributed by atoms with Gasteiger partial charge in [0.15, 0.2) is 23.8 Å². The quantitative estimate of drug-likeness (QED) is 0.240. The topological polar surface area (TPSA) is 153 Å². The van der Waals surface area contributed by atoms with Crippen LogP contribution in [0.1, 0.15) is 39.5 Å². The number of fused-ring (bicyclic) bond motifs is 1. The zero-order chi connectivity index (χ0) is 27.4. The third kappa shape index (κ3) is 6.03. The molecule has 0 radical (unpaired) electrons. The summed E-state index contributed by atoms with van der Waals surface area (Å²) in [5.41, 5.74) is 7.12. The third-order valence-electron chi connectivity index (χ3n) is 6.22. The van der Waals surface area contributed by atoms with E-state index in [1.807, 2.05) is 37.3 Å². The Hall–Kier alpha value is -3.77. The lowest BCUT2D eigenvalue weighted by atomic mass is 9.98. The van der Waals surface area contributed by atoms with Crippen LogP contribution in [0.4, 0.5) is 11.8 Å². The van der Waals surface area contributed by atoms with Crippen molar-refractivity contribution in [2.24, 2.45) is 11.3 Å². The third-order valence-corrected chi connectivity index (χ3v) is 6.22. The first-order chi connectivity index (χ1) is 18.1. The van der Waals surface area contributed by atoms with E-state index in [4.69, 9.17) is 24.7 Å².